The molecule has 1 aliphatic heterocycles. The zero-order chi connectivity index (χ0) is 31.0. The minimum atomic E-state index is -4.93. The van der Waals surface area contributed by atoms with Crippen molar-refractivity contribution in [3.8, 4) is 5.88 Å². The molecule has 0 saturated carbocycles. The van der Waals surface area contributed by atoms with Crippen LogP contribution in [0.25, 0.3) is 0 Å². The van der Waals surface area contributed by atoms with Crippen LogP contribution in [0.1, 0.15) is 56.9 Å². The van der Waals surface area contributed by atoms with Gasteiger partial charge in [0.15, 0.2) is 5.88 Å². The van der Waals surface area contributed by atoms with Gasteiger partial charge < -0.3 is 9.33 Å². The highest BCUT2D eigenvalue weighted by Crippen LogP contribution is 2.39. The molecule has 3 rings (SSSR count). The van der Waals surface area contributed by atoms with E-state index in [9.17, 15) is 35.9 Å². The van der Waals surface area contributed by atoms with Gasteiger partial charge in [0.1, 0.15) is 11.7 Å². The van der Waals surface area contributed by atoms with E-state index in [-0.39, 0.29) is 47.5 Å². The number of halogens is 6. The zero-order valence-corrected chi connectivity index (χ0v) is 24.3. The van der Waals surface area contributed by atoms with Gasteiger partial charge >= 0.3 is 12.4 Å². The zero-order valence-electron chi connectivity index (χ0n) is 23.3. The number of alkyl halides is 6. The Morgan fingerprint density at radius 3 is 2.20 bits per heavy atom. The number of hydrogen-bond donors (Lipinski definition) is 2. The summed E-state index contributed by atoms with van der Waals surface area (Å²) in [4.78, 5) is 41.6. The number of hydrogen-bond acceptors (Lipinski definition) is 7. The maximum atomic E-state index is 13.5. The number of nitrogens with one attached hydrogen (secondary N) is 2. The third kappa shape index (κ3) is 7.66. The Morgan fingerprint density at radius 1 is 1.10 bits per heavy atom. The molecule has 1 unspecified atom stereocenters. The van der Waals surface area contributed by atoms with Crippen molar-refractivity contribution in [3.63, 3.8) is 0 Å². The molecule has 0 fully saturated rings. The summed E-state index contributed by atoms with van der Waals surface area (Å²) in [6, 6.07) is 0.653. The number of carbonyl (C=O) groups excluding carboxylic acids is 1. The van der Waals surface area contributed by atoms with Crippen LogP contribution in [0.15, 0.2) is 34.9 Å². The third-order valence-electron chi connectivity index (χ3n) is 7.02. The van der Waals surface area contributed by atoms with E-state index in [1.165, 1.54) is 13.0 Å². The first kappa shape index (κ1) is 32.1. The van der Waals surface area contributed by atoms with Crippen molar-refractivity contribution >= 4 is 20.2 Å². The molecule has 0 radical (unpaired) electrons. The number of H-pyrrole nitrogens is 1. The highest BCUT2D eigenvalue weighted by molar-refractivity contribution is 6.74. The lowest BCUT2D eigenvalue weighted by Gasteiger charge is -2.37. The third-order valence-corrected chi connectivity index (χ3v) is 11.3. The summed E-state index contributed by atoms with van der Waals surface area (Å²) >= 11 is 0. The Labute approximate surface area is 233 Å². The molecule has 1 aliphatic rings. The number of pyridine rings is 1. The largest absolute Gasteiger partial charge is 0.532 e. The lowest BCUT2D eigenvalue weighted by Crippen LogP contribution is -2.45. The molecule has 0 aromatic carbocycles. The smallest absolute Gasteiger partial charge is 0.421 e. The molecule has 0 bridgehead atoms. The van der Waals surface area contributed by atoms with Crippen molar-refractivity contribution < 1.29 is 40.4 Å². The number of aromatic amines is 1. The topological polar surface area (TPSA) is 109 Å². The van der Waals surface area contributed by atoms with Crippen molar-refractivity contribution in [2.75, 3.05) is 18.0 Å². The quantitative estimate of drug-likeness (QED) is 0.242. The second kappa shape index (κ2) is 11.5. The van der Waals surface area contributed by atoms with Crippen LogP contribution >= 0.6 is 0 Å². The first-order valence-corrected chi connectivity index (χ1v) is 15.4. The van der Waals surface area contributed by atoms with Crippen molar-refractivity contribution in [2.24, 2.45) is 0 Å². The minimum Gasteiger partial charge on any atom is -0.532 e. The van der Waals surface area contributed by atoms with Gasteiger partial charge in [-0.15, -0.1) is 0 Å². The summed E-state index contributed by atoms with van der Waals surface area (Å²) in [6.45, 7) is 11.2. The van der Waals surface area contributed by atoms with Crippen molar-refractivity contribution in [2.45, 2.75) is 70.7 Å². The fourth-order valence-electron chi connectivity index (χ4n) is 3.49. The highest BCUT2D eigenvalue weighted by Gasteiger charge is 2.41. The maximum absolute atomic E-state index is 13.5. The molecule has 0 aliphatic carbocycles. The lowest BCUT2D eigenvalue weighted by atomic mass is 10.1. The summed E-state index contributed by atoms with van der Waals surface area (Å²) in [6.07, 6.45) is -7.62. The maximum Gasteiger partial charge on any atom is 0.421 e. The van der Waals surface area contributed by atoms with Crippen molar-refractivity contribution in [1.82, 2.24) is 20.4 Å². The number of carbonyl (C=O) groups is 1. The summed E-state index contributed by atoms with van der Waals surface area (Å²) in [7, 11) is -2.60. The molecule has 9 nitrogen and oxygen atoms in total. The SMILES string of the molecule is CC(ONC(=O)C1=CCN(c2ncc(C(F)(F)F)cn2)CC1)c1cc(C(F)(F)F)c(=O)[nH]c1O[Si](C)(C)C(C)(C)C. The molecule has 16 heteroatoms. The van der Waals surface area contributed by atoms with Gasteiger partial charge in [-0.05, 0) is 37.5 Å². The number of nitrogens with zero attached hydrogens (tertiary/aromatic N) is 3. The first-order valence-electron chi connectivity index (χ1n) is 12.5. The Hall–Kier alpha value is -3.40. The van der Waals surface area contributed by atoms with Gasteiger partial charge in [0.25, 0.3) is 19.8 Å². The number of amides is 1. The van der Waals surface area contributed by atoms with E-state index in [1.54, 1.807) is 4.90 Å². The summed E-state index contributed by atoms with van der Waals surface area (Å²) in [5.74, 6) is -0.760. The predicted molar refractivity (Wildman–Crippen MR) is 139 cm³/mol. The second-order valence-corrected chi connectivity index (χ2v) is 15.8. The van der Waals surface area contributed by atoms with Crippen molar-refractivity contribution in [3.05, 3.63) is 57.2 Å². The number of hydroxylamine groups is 1. The Bertz CT molecular complexity index is 1350. The standard InChI is InChI=1S/C25H31F6N5O4Si/c1-14(17-11-18(25(29,30)31)20(38)34-21(17)40-41(5,6)23(2,3)4)39-35-19(37)15-7-9-36(10-8-15)22-32-12-16(13-33-22)24(26,27)28/h7,11-14H,8-10H2,1-6H3,(H,34,38)(H,35,37). The average molecular weight is 608 g/mol. The highest BCUT2D eigenvalue weighted by atomic mass is 28.4. The second-order valence-electron chi connectivity index (χ2n) is 11.0. The van der Waals surface area contributed by atoms with E-state index in [2.05, 4.69) is 20.4 Å². The van der Waals surface area contributed by atoms with Gasteiger partial charge in [-0.3, -0.25) is 19.4 Å². The summed E-state index contributed by atoms with van der Waals surface area (Å²) in [5, 5.41) is -0.338. The average Bonchev–Trinajstić information content (AvgIpc) is 2.85. The van der Waals surface area contributed by atoms with Gasteiger partial charge in [-0.2, -0.15) is 26.3 Å². The number of anilines is 1. The van der Waals surface area contributed by atoms with Crippen LogP contribution in [0.4, 0.5) is 32.3 Å². The van der Waals surface area contributed by atoms with Gasteiger partial charge in [0.2, 0.25) is 5.95 Å². The molecule has 226 valence electrons. The Morgan fingerprint density at radius 2 is 1.71 bits per heavy atom. The minimum absolute atomic E-state index is 0.0615. The van der Waals surface area contributed by atoms with Crippen LogP contribution in [0.2, 0.25) is 18.1 Å². The molecule has 1 amide bonds. The van der Waals surface area contributed by atoms with Gasteiger partial charge in [0.05, 0.1) is 5.56 Å². The van der Waals surface area contributed by atoms with E-state index in [1.807, 2.05) is 33.9 Å². The predicted octanol–water partition coefficient (Wildman–Crippen LogP) is 5.53. The molecule has 3 heterocycles. The monoisotopic (exact) mass is 607 g/mol. The molecular formula is C25H31F6N5O4Si. The molecule has 1 atom stereocenters. The summed E-state index contributed by atoms with van der Waals surface area (Å²) < 4.78 is 84.8. The molecule has 2 aromatic rings. The van der Waals surface area contributed by atoms with Crippen LogP contribution in [0.3, 0.4) is 0 Å². The first-order chi connectivity index (χ1) is 18.7. The Kier molecular flexibility index (Phi) is 8.98. The summed E-state index contributed by atoms with van der Waals surface area (Å²) in [5.41, 5.74) is -1.37. The van der Waals surface area contributed by atoms with Crippen LogP contribution in [0, 0.1) is 0 Å². The van der Waals surface area contributed by atoms with Gasteiger partial charge in [-0.1, -0.05) is 26.8 Å². The van der Waals surface area contributed by atoms with Crippen LogP contribution in [0.5, 0.6) is 5.88 Å². The number of aromatic nitrogens is 3. The van der Waals surface area contributed by atoms with E-state index in [0.29, 0.717) is 18.5 Å². The molecule has 0 spiro atoms. The normalized spacial score (nSPS) is 15.8. The van der Waals surface area contributed by atoms with Gasteiger partial charge in [0, 0.05) is 36.6 Å². The molecule has 2 N–H and O–H groups in total. The molecular weight excluding hydrogens is 576 g/mol. The molecule has 41 heavy (non-hydrogen) atoms. The Balaban J connectivity index is 1.74. The van der Waals surface area contributed by atoms with Gasteiger partial charge in [-0.25, -0.2) is 15.4 Å². The fraction of sp³-hybridized carbons (Fsp3) is 0.520. The van der Waals surface area contributed by atoms with Crippen LogP contribution in [-0.4, -0.2) is 42.3 Å². The molecule has 0 saturated heterocycles. The van der Waals surface area contributed by atoms with Crippen LogP contribution < -0.4 is 20.4 Å². The van der Waals surface area contributed by atoms with E-state index in [4.69, 9.17) is 9.26 Å². The van der Waals surface area contributed by atoms with Crippen LogP contribution in [-0.2, 0) is 22.0 Å². The van der Waals surface area contributed by atoms with E-state index >= 15 is 0 Å². The lowest BCUT2D eigenvalue weighted by molar-refractivity contribution is -0.139. The van der Waals surface area contributed by atoms with E-state index < -0.39 is 49.4 Å². The molecule has 2 aromatic heterocycles. The van der Waals surface area contributed by atoms with Crippen molar-refractivity contribution in [1.29, 1.82) is 0 Å². The van der Waals surface area contributed by atoms with E-state index in [0.717, 1.165) is 0 Å². The fourth-order valence-corrected chi connectivity index (χ4v) is 4.48. The number of rotatable bonds is 7.